The van der Waals surface area contributed by atoms with Crippen molar-refractivity contribution in [2.24, 2.45) is 5.41 Å². The van der Waals surface area contributed by atoms with Crippen molar-refractivity contribution in [1.29, 1.82) is 0 Å². The Kier molecular flexibility index (Phi) is 4.03. The van der Waals surface area contributed by atoms with Crippen molar-refractivity contribution in [3.8, 4) is 0 Å². The topological polar surface area (TPSA) is 58.0 Å². The minimum atomic E-state index is 0.0708. The Balaban J connectivity index is 2.46. The summed E-state index contributed by atoms with van der Waals surface area (Å²) in [5.74, 6) is 0.784. The zero-order valence-corrected chi connectivity index (χ0v) is 9.62. The lowest BCUT2D eigenvalue weighted by Crippen LogP contribution is -2.24. The summed E-state index contributed by atoms with van der Waals surface area (Å²) in [5, 5.41) is 20.1. The lowest BCUT2D eigenvalue weighted by molar-refractivity contribution is 0.220. The minimum absolute atomic E-state index is 0.0708. The highest BCUT2D eigenvalue weighted by atomic mass is 16.3. The first-order valence-electron chi connectivity index (χ1n) is 5.18. The predicted octanol–water partition coefficient (Wildman–Crippen LogP) is 1.61. The number of aromatic nitrogens is 2. The Hall–Kier alpha value is -1.16. The molecule has 0 atom stereocenters. The van der Waals surface area contributed by atoms with Crippen molar-refractivity contribution in [2.75, 3.05) is 18.5 Å². The Morgan fingerprint density at radius 3 is 2.60 bits per heavy atom. The maximum Gasteiger partial charge on any atom is 0.148 e. The van der Waals surface area contributed by atoms with Gasteiger partial charge in [-0.05, 0) is 30.9 Å². The van der Waals surface area contributed by atoms with Gasteiger partial charge in [0.2, 0.25) is 0 Å². The van der Waals surface area contributed by atoms with Crippen LogP contribution >= 0.6 is 0 Å². The van der Waals surface area contributed by atoms with Gasteiger partial charge >= 0.3 is 0 Å². The molecule has 0 aliphatic carbocycles. The number of rotatable bonds is 5. The van der Waals surface area contributed by atoms with Crippen LogP contribution in [0.15, 0.2) is 12.1 Å². The van der Waals surface area contributed by atoms with Gasteiger partial charge in [-0.3, -0.25) is 0 Å². The van der Waals surface area contributed by atoms with Crippen LogP contribution in [0.2, 0.25) is 0 Å². The van der Waals surface area contributed by atoms with Crippen molar-refractivity contribution in [2.45, 2.75) is 27.2 Å². The highest BCUT2D eigenvalue weighted by Crippen LogP contribution is 2.19. The summed E-state index contributed by atoms with van der Waals surface area (Å²) in [5.41, 5.74) is 0.983. The average molecular weight is 209 g/mol. The number of aliphatic hydroxyl groups is 1. The lowest BCUT2D eigenvalue weighted by atomic mass is 9.90. The molecule has 0 saturated carbocycles. The van der Waals surface area contributed by atoms with Gasteiger partial charge in [0.05, 0.1) is 5.69 Å². The Bertz CT molecular complexity index is 295. The molecule has 1 rings (SSSR count). The van der Waals surface area contributed by atoms with Crippen LogP contribution in [0.25, 0.3) is 0 Å². The molecule has 0 aliphatic rings. The summed E-state index contributed by atoms with van der Waals surface area (Å²) < 4.78 is 0. The van der Waals surface area contributed by atoms with Crippen LogP contribution in [0.3, 0.4) is 0 Å². The quantitative estimate of drug-likeness (QED) is 0.773. The first kappa shape index (κ1) is 11.9. The smallest absolute Gasteiger partial charge is 0.148 e. The molecule has 0 fully saturated rings. The average Bonchev–Trinajstić information content (AvgIpc) is 2.17. The molecule has 1 aromatic heterocycles. The molecular formula is C11H19N3O. The summed E-state index contributed by atoms with van der Waals surface area (Å²) in [7, 11) is 0. The standard InChI is InChI=1S/C11H19N3O/c1-9-4-5-10(14-13-9)12-8-11(2,3)6-7-15/h4-5,15H,6-8H2,1-3H3,(H,12,14). The van der Waals surface area contributed by atoms with Crippen LogP contribution in [0.4, 0.5) is 5.82 Å². The van der Waals surface area contributed by atoms with Gasteiger partial charge in [0.15, 0.2) is 0 Å². The van der Waals surface area contributed by atoms with Gasteiger partial charge in [0.1, 0.15) is 5.82 Å². The first-order chi connectivity index (χ1) is 7.03. The minimum Gasteiger partial charge on any atom is -0.396 e. The van der Waals surface area contributed by atoms with Crippen LogP contribution < -0.4 is 5.32 Å². The summed E-state index contributed by atoms with van der Waals surface area (Å²) in [6.45, 7) is 7.13. The number of hydrogen-bond acceptors (Lipinski definition) is 4. The number of hydrogen-bond donors (Lipinski definition) is 2. The van der Waals surface area contributed by atoms with E-state index in [1.165, 1.54) is 0 Å². The monoisotopic (exact) mass is 209 g/mol. The third kappa shape index (κ3) is 4.25. The van der Waals surface area contributed by atoms with Crippen LogP contribution in [0.5, 0.6) is 0 Å². The third-order valence-electron chi connectivity index (χ3n) is 2.33. The summed E-state index contributed by atoms with van der Waals surface area (Å²) in [6.07, 6.45) is 0.777. The fourth-order valence-corrected chi connectivity index (χ4v) is 1.21. The summed E-state index contributed by atoms with van der Waals surface area (Å²) in [6, 6.07) is 3.84. The fraction of sp³-hybridized carbons (Fsp3) is 0.636. The highest BCUT2D eigenvalue weighted by molar-refractivity contribution is 5.32. The molecule has 15 heavy (non-hydrogen) atoms. The number of anilines is 1. The van der Waals surface area contributed by atoms with E-state index in [9.17, 15) is 0 Å². The van der Waals surface area contributed by atoms with E-state index in [4.69, 9.17) is 5.11 Å². The van der Waals surface area contributed by atoms with Crippen molar-refractivity contribution in [3.63, 3.8) is 0 Å². The maximum absolute atomic E-state index is 8.88. The molecule has 0 saturated heterocycles. The molecule has 0 aliphatic heterocycles. The second-order valence-electron chi connectivity index (χ2n) is 4.55. The van der Waals surface area contributed by atoms with Crippen molar-refractivity contribution >= 4 is 5.82 Å². The molecule has 84 valence electrons. The van der Waals surface area contributed by atoms with Crippen molar-refractivity contribution in [3.05, 3.63) is 17.8 Å². The molecule has 0 spiro atoms. The number of aliphatic hydroxyl groups excluding tert-OH is 1. The zero-order valence-electron chi connectivity index (χ0n) is 9.62. The van der Waals surface area contributed by atoms with E-state index < -0.39 is 0 Å². The highest BCUT2D eigenvalue weighted by Gasteiger charge is 2.16. The Morgan fingerprint density at radius 2 is 2.07 bits per heavy atom. The van der Waals surface area contributed by atoms with Crippen LogP contribution in [-0.4, -0.2) is 28.5 Å². The Morgan fingerprint density at radius 1 is 1.33 bits per heavy atom. The normalized spacial score (nSPS) is 11.5. The molecule has 0 radical (unpaired) electrons. The molecule has 2 N–H and O–H groups in total. The molecular weight excluding hydrogens is 190 g/mol. The van der Waals surface area contributed by atoms with Gasteiger partial charge in [0.25, 0.3) is 0 Å². The molecule has 1 aromatic rings. The van der Waals surface area contributed by atoms with Crippen LogP contribution in [0.1, 0.15) is 26.0 Å². The van der Waals surface area contributed by atoms with Gasteiger partial charge in [-0.2, -0.15) is 5.10 Å². The third-order valence-corrected chi connectivity index (χ3v) is 2.33. The summed E-state index contributed by atoms with van der Waals surface area (Å²) >= 11 is 0. The van der Waals surface area contributed by atoms with E-state index in [0.717, 1.165) is 24.5 Å². The largest absolute Gasteiger partial charge is 0.396 e. The molecule has 1 heterocycles. The van der Waals surface area contributed by atoms with E-state index in [-0.39, 0.29) is 12.0 Å². The van der Waals surface area contributed by atoms with Crippen LogP contribution in [0, 0.1) is 12.3 Å². The van der Waals surface area contributed by atoms with Gasteiger partial charge in [0, 0.05) is 13.2 Å². The molecule has 0 amide bonds. The number of nitrogens with zero attached hydrogens (tertiary/aromatic N) is 2. The molecule has 0 bridgehead atoms. The lowest BCUT2D eigenvalue weighted by Gasteiger charge is -2.23. The molecule has 0 unspecified atom stereocenters. The number of aryl methyl sites for hydroxylation is 1. The van der Waals surface area contributed by atoms with E-state index in [0.29, 0.717) is 0 Å². The first-order valence-corrected chi connectivity index (χ1v) is 5.18. The van der Waals surface area contributed by atoms with Crippen molar-refractivity contribution in [1.82, 2.24) is 10.2 Å². The van der Waals surface area contributed by atoms with E-state index >= 15 is 0 Å². The second kappa shape index (κ2) is 5.07. The van der Waals surface area contributed by atoms with Gasteiger partial charge in [-0.25, -0.2) is 0 Å². The second-order valence-corrected chi connectivity index (χ2v) is 4.55. The van der Waals surface area contributed by atoms with E-state index in [1.807, 2.05) is 19.1 Å². The predicted molar refractivity (Wildman–Crippen MR) is 60.7 cm³/mol. The van der Waals surface area contributed by atoms with E-state index in [1.54, 1.807) is 0 Å². The Labute approximate surface area is 90.7 Å². The van der Waals surface area contributed by atoms with E-state index in [2.05, 4.69) is 29.4 Å². The van der Waals surface area contributed by atoms with Gasteiger partial charge < -0.3 is 10.4 Å². The zero-order chi connectivity index (χ0) is 11.3. The number of nitrogens with one attached hydrogen (secondary N) is 1. The summed E-state index contributed by atoms with van der Waals surface area (Å²) in [4.78, 5) is 0. The van der Waals surface area contributed by atoms with Crippen molar-refractivity contribution < 1.29 is 5.11 Å². The van der Waals surface area contributed by atoms with Crippen LogP contribution in [-0.2, 0) is 0 Å². The fourth-order valence-electron chi connectivity index (χ4n) is 1.21. The van der Waals surface area contributed by atoms with Gasteiger partial charge in [-0.15, -0.1) is 5.10 Å². The molecule has 0 aromatic carbocycles. The SMILES string of the molecule is Cc1ccc(NCC(C)(C)CCO)nn1. The molecule has 4 nitrogen and oxygen atoms in total. The molecule has 4 heteroatoms. The maximum atomic E-state index is 8.88. The van der Waals surface area contributed by atoms with Gasteiger partial charge in [-0.1, -0.05) is 13.8 Å².